The average Bonchev–Trinajstić information content (AvgIpc) is 2.75. The molecule has 3 rings (SSSR count). The van der Waals surface area contributed by atoms with Gasteiger partial charge in [0.25, 0.3) is 5.91 Å². The van der Waals surface area contributed by atoms with Crippen LogP contribution in [0.3, 0.4) is 0 Å². The molecule has 1 amide bonds. The van der Waals surface area contributed by atoms with Crippen molar-refractivity contribution in [2.75, 3.05) is 25.1 Å². The molecule has 2 aromatic carbocycles. The number of piperidine rings is 1. The second-order valence-corrected chi connectivity index (χ2v) is 8.88. The monoisotopic (exact) mass is 430 g/mol. The van der Waals surface area contributed by atoms with Gasteiger partial charge < -0.3 is 15.0 Å². The first-order valence-corrected chi connectivity index (χ1v) is 10.9. The number of esters is 1. The molecule has 1 heterocycles. The highest BCUT2D eigenvalue weighted by molar-refractivity contribution is 8.00. The van der Waals surface area contributed by atoms with Gasteiger partial charge >= 0.3 is 5.97 Å². The predicted octanol–water partition coefficient (Wildman–Crippen LogP) is 4.19. The maximum atomic E-state index is 14.3. The molecule has 30 heavy (non-hydrogen) atoms. The number of amides is 1. The molecule has 7 heteroatoms. The Hall–Kier alpha value is -2.54. The van der Waals surface area contributed by atoms with E-state index in [0.717, 1.165) is 29.8 Å². The summed E-state index contributed by atoms with van der Waals surface area (Å²) in [5.74, 6) is -0.767. The van der Waals surface area contributed by atoms with Crippen LogP contribution in [0.25, 0.3) is 0 Å². The lowest BCUT2D eigenvalue weighted by atomic mass is 10.0. The van der Waals surface area contributed by atoms with Crippen molar-refractivity contribution in [2.24, 2.45) is 0 Å². The quantitative estimate of drug-likeness (QED) is 0.550. The van der Waals surface area contributed by atoms with Crippen molar-refractivity contribution in [1.82, 2.24) is 5.32 Å². The topological polar surface area (TPSA) is 58.6 Å². The Morgan fingerprint density at radius 1 is 1.27 bits per heavy atom. The number of methoxy groups -OCH3 is 1. The maximum Gasteiger partial charge on any atom is 0.318 e. The van der Waals surface area contributed by atoms with E-state index in [0.29, 0.717) is 17.8 Å². The number of anilines is 1. The lowest BCUT2D eigenvalue weighted by molar-refractivity contribution is -0.139. The van der Waals surface area contributed by atoms with Crippen LogP contribution in [0.1, 0.15) is 35.7 Å². The highest BCUT2D eigenvalue weighted by Gasteiger charge is 2.25. The molecule has 0 aromatic heterocycles. The summed E-state index contributed by atoms with van der Waals surface area (Å²) in [4.78, 5) is 27.5. The molecule has 1 aliphatic rings. The lowest BCUT2D eigenvalue weighted by Crippen LogP contribution is -2.48. The number of hydrogen-bond acceptors (Lipinski definition) is 5. The van der Waals surface area contributed by atoms with Crippen molar-refractivity contribution in [1.29, 1.82) is 0 Å². The molecular weight excluding hydrogens is 403 g/mol. The Morgan fingerprint density at radius 3 is 2.80 bits per heavy atom. The SMILES string of the molecule is COC(=O)C(C)Sc1ccccc1C(=O)NC1CCCN(c2cc(C)ccc2F)C1. The van der Waals surface area contributed by atoms with Gasteiger partial charge in [0.15, 0.2) is 0 Å². The van der Waals surface area contributed by atoms with Crippen LogP contribution in [0.4, 0.5) is 10.1 Å². The van der Waals surface area contributed by atoms with E-state index in [1.165, 1.54) is 24.9 Å². The summed E-state index contributed by atoms with van der Waals surface area (Å²) in [6.45, 7) is 5.01. The first-order chi connectivity index (χ1) is 14.4. The summed E-state index contributed by atoms with van der Waals surface area (Å²) in [5.41, 5.74) is 2.11. The molecule has 160 valence electrons. The van der Waals surface area contributed by atoms with E-state index in [-0.39, 0.29) is 23.7 Å². The first kappa shape index (κ1) is 22.2. The number of carbonyl (C=O) groups is 2. The molecule has 1 aliphatic heterocycles. The largest absolute Gasteiger partial charge is 0.468 e. The average molecular weight is 431 g/mol. The van der Waals surface area contributed by atoms with Crippen LogP contribution in [-0.2, 0) is 9.53 Å². The fraction of sp³-hybridized carbons (Fsp3) is 0.391. The van der Waals surface area contributed by atoms with E-state index in [4.69, 9.17) is 4.74 Å². The Labute approximate surface area is 181 Å². The van der Waals surface area contributed by atoms with Gasteiger partial charge in [0.1, 0.15) is 11.1 Å². The van der Waals surface area contributed by atoms with E-state index in [9.17, 15) is 14.0 Å². The molecule has 2 aromatic rings. The fourth-order valence-corrected chi connectivity index (χ4v) is 4.62. The van der Waals surface area contributed by atoms with Crippen LogP contribution in [-0.4, -0.2) is 43.4 Å². The van der Waals surface area contributed by atoms with Crippen molar-refractivity contribution in [3.63, 3.8) is 0 Å². The van der Waals surface area contributed by atoms with Crippen LogP contribution in [0.15, 0.2) is 47.4 Å². The lowest BCUT2D eigenvalue weighted by Gasteiger charge is -2.35. The Morgan fingerprint density at radius 2 is 2.03 bits per heavy atom. The van der Waals surface area contributed by atoms with Crippen LogP contribution >= 0.6 is 11.8 Å². The number of nitrogens with one attached hydrogen (secondary N) is 1. The number of benzene rings is 2. The molecule has 0 saturated carbocycles. The molecule has 1 fully saturated rings. The fourth-order valence-electron chi connectivity index (χ4n) is 3.60. The third kappa shape index (κ3) is 5.33. The number of aryl methyl sites for hydroxylation is 1. The van der Waals surface area contributed by atoms with Gasteiger partial charge in [0.05, 0.1) is 18.4 Å². The Bertz CT molecular complexity index is 921. The zero-order valence-corrected chi connectivity index (χ0v) is 18.3. The van der Waals surface area contributed by atoms with Crippen molar-refractivity contribution in [2.45, 2.75) is 42.9 Å². The van der Waals surface area contributed by atoms with E-state index in [2.05, 4.69) is 5.32 Å². The van der Waals surface area contributed by atoms with Gasteiger partial charge in [-0.25, -0.2) is 4.39 Å². The van der Waals surface area contributed by atoms with Gasteiger partial charge in [-0.05, 0) is 56.5 Å². The Balaban J connectivity index is 1.70. The third-order valence-electron chi connectivity index (χ3n) is 5.17. The van der Waals surface area contributed by atoms with Gasteiger partial charge in [0, 0.05) is 24.0 Å². The summed E-state index contributed by atoms with van der Waals surface area (Å²) in [6, 6.07) is 12.2. The Kier molecular flexibility index (Phi) is 7.37. The highest BCUT2D eigenvalue weighted by atomic mass is 32.2. The van der Waals surface area contributed by atoms with Crippen LogP contribution < -0.4 is 10.2 Å². The van der Waals surface area contributed by atoms with Gasteiger partial charge in [-0.1, -0.05) is 18.2 Å². The van der Waals surface area contributed by atoms with Crippen molar-refractivity contribution in [3.05, 3.63) is 59.4 Å². The molecule has 0 bridgehead atoms. The van der Waals surface area contributed by atoms with Crippen molar-refractivity contribution < 1.29 is 18.7 Å². The molecule has 5 nitrogen and oxygen atoms in total. The number of ether oxygens (including phenoxy) is 1. The second kappa shape index (κ2) is 9.98. The maximum absolute atomic E-state index is 14.3. The van der Waals surface area contributed by atoms with Gasteiger partial charge in [-0.3, -0.25) is 9.59 Å². The number of halogens is 1. The predicted molar refractivity (Wildman–Crippen MR) is 118 cm³/mol. The molecule has 0 radical (unpaired) electrons. The van der Waals surface area contributed by atoms with E-state index in [1.807, 2.05) is 30.0 Å². The van der Waals surface area contributed by atoms with Gasteiger partial charge in [-0.15, -0.1) is 11.8 Å². The normalized spacial score (nSPS) is 17.3. The van der Waals surface area contributed by atoms with Crippen molar-refractivity contribution >= 4 is 29.3 Å². The van der Waals surface area contributed by atoms with Gasteiger partial charge in [0.2, 0.25) is 0 Å². The number of nitrogens with zero attached hydrogens (tertiary/aromatic N) is 1. The summed E-state index contributed by atoms with van der Waals surface area (Å²) in [7, 11) is 1.35. The standard InChI is InChI=1S/C23H27FN2O3S/c1-15-10-11-19(24)20(13-15)26-12-6-7-17(14-26)25-22(27)18-8-4-5-9-21(18)30-16(2)23(28)29-3/h4-5,8-11,13,16-17H,6-7,12,14H2,1-3H3,(H,25,27). The molecule has 2 atom stereocenters. The summed E-state index contributed by atoms with van der Waals surface area (Å²) in [5, 5.41) is 2.68. The van der Waals surface area contributed by atoms with E-state index >= 15 is 0 Å². The smallest absolute Gasteiger partial charge is 0.318 e. The summed E-state index contributed by atoms with van der Waals surface area (Å²) < 4.78 is 19.1. The van der Waals surface area contributed by atoms with Crippen LogP contribution in [0.2, 0.25) is 0 Å². The zero-order chi connectivity index (χ0) is 21.7. The third-order valence-corrected chi connectivity index (χ3v) is 6.32. The van der Waals surface area contributed by atoms with E-state index in [1.54, 1.807) is 25.1 Å². The minimum atomic E-state index is -0.418. The summed E-state index contributed by atoms with van der Waals surface area (Å²) in [6.07, 6.45) is 1.71. The highest BCUT2D eigenvalue weighted by Crippen LogP contribution is 2.28. The molecule has 2 unspecified atom stereocenters. The molecule has 1 saturated heterocycles. The van der Waals surface area contributed by atoms with Gasteiger partial charge in [-0.2, -0.15) is 0 Å². The minimum absolute atomic E-state index is 0.0813. The molecule has 1 N–H and O–H groups in total. The number of thioether (sulfide) groups is 1. The van der Waals surface area contributed by atoms with Crippen LogP contribution in [0.5, 0.6) is 0 Å². The van der Waals surface area contributed by atoms with Crippen LogP contribution in [0, 0.1) is 12.7 Å². The zero-order valence-electron chi connectivity index (χ0n) is 17.5. The molecular formula is C23H27FN2O3S. The second-order valence-electron chi connectivity index (χ2n) is 7.49. The van der Waals surface area contributed by atoms with E-state index < -0.39 is 5.25 Å². The number of carbonyl (C=O) groups excluding carboxylic acids is 2. The first-order valence-electron chi connectivity index (χ1n) is 10.0. The van der Waals surface area contributed by atoms with Crippen molar-refractivity contribution in [3.8, 4) is 0 Å². The molecule has 0 spiro atoms. The number of hydrogen-bond donors (Lipinski definition) is 1. The minimum Gasteiger partial charge on any atom is -0.468 e. The summed E-state index contributed by atoms with van der Waals surface area (Å²) >= 11 is 1.30. The molecule has 0 aliphatic carbocycles. The number of rotatable bonds is 6.